The number of methoxy groups -OCH3 is 1. The Balaban J connectivity index is 1.48. The normalized spacial score (nSPS) is 10.5. The Kier molecular flexibility index (Phi) is 10.7. The average molecular weight is 583 g/mol. The molecule has 3 aromatic rings. The maximum absolute atomic E-state index is 12.2. The molecule has 0 heterocycles. The number of carbonyl (C=O) groups is 3. The standard InChI is InChI=1S/C27H27BrN4O6/c1-3-14-37-22-11-9-21(10-12-22)31-26(34)27(35)32-29-16-18-4-13-23(24(15-18)36-2)38-17-25(33)30-20-7-5-19(28)6-8-20/h4-13,15-16H,3,14,17H2,1-2H3,(H,30,33)(H,31,34)(H,32,35)/b29-16-. The van der Waals surface area contributed by atoms with Gasteiger partial charge < -0.3 is 24.8 Å². The van der Waals surface area contributed by atoms with Gasteiger partial charge in [0.2, 0.25) is 0 Å². The predicted molar refractivity (Wildman–Crippen MR) is 148 cm³/mol. The smallest absolute Gasteiger partial charge is 0.329 e. The van der Waals surface area contributed by atoms with Gasteiger partial charge in [0.1, 0.15) is 5.75 Å². The van der Waals surface area contributed by atoms with Gasteiger partial charge in [-0.1, -0.05) is 22.9 Å². The lowest BCUT2D eigenvalue weighted by atomic mass is 10.2. The molecule has 10 nitrogen and oxygen atoms in total. The average Bonchev–Trinajstić information content (AvgIpc) is 2.93. The van der Waals surface area contributed by atoms with Crippen LogP contribution in [0.4, 0.5) is 11.4 Å². The lowest BCUT2D eigenvalue weighted by molar-refractivity contribution is -0.136. The molecular formula is C27H27BrN4O6. The van der Waals surface area contributed by atoms with E-state index in [-0.39, 0.29) is 12.5 Å². The molecule has 0 bridgehead atoms. The van der Waals surface area contributed by atoms with Crippen molar-refractivity contribution in [1.29, 1.82) is 0 Å². The summed E-state index contributed by atoms with van der Waals surface area (Å²) in [6, 6.07) is 18.7. The molecule has 0 aromatic heterocycles. The summed E-state index contributed by atoms with van der Waals surface area (Å²) in [4.78, 5) is 36.4. The molecule has 0 atom stereocenters. The Morgan fingerprint density at radius 3 is 2.24 bits per heavy atom. The van der Waals surface area contributed by atoms with E-state index in [0.717, 1.165) is 10.9 Å². The topological polar surface area (TPSA) is 127 Å². The molecule has 0 unspecified atom stereocenters. The minimum Gasteiger partial charge on any atom is -0.494 e. The van der Waals surface area contributed by atoms with Crippen LogP contribution in [-0.2, 0) is 14.4 Å². The minimum absolute atomic E-state index is 0.223. The Labute approximate surface area is 228 Å². The molecule has 0 aliphatic carbocycles. The molecule has 0 spiro atoms. The maximum Gasteiger partial charge on any atom is 0.329 e. The molecule has 0 radical (unpaired) electrons. The predicted octanol–water partition coefficient (Wildman–Crippen LogP) is 4.35. The third-order valence-corrected chi connectivity index (χ3v) is 5.37. The fraction of sp³-hybridized carbons (Fsp3) is 0.185. The highest BCUT2D eigenvalue weighted by atomic mass is 79.9. The van der Waals surface area contributed by atoms with Gasteiger partial charge in [0.05, 0.1) is 19.9 Å². The van der Waals surface area contributed by atoms with E-state index in [4.69, 9.17) is 14.2 Å². The molecule has 0 fully saturated rings. The van der Waals surface area contributed by atoms with Crippen LogP contribution in [-0.4, -0.2) is 44.3 Å². The number of benzene rings is 3. The molecule has 3 amide bonds. The second-order valence-corrected chi connectivity index (χ2v) is 8.70. The molecule has 0 aliphatic rings. The summed E-state index contributed by atoms with van der Waals surface area (Å²) in [5.74, 6) is -0.745. The Hall–Kier alpha value is -4.38. The zero-order valence-corrected chi connectivity index (χ0v) is 22.4. The molecule has 3 aromatic carbocycles. The molecule has 198 valence electrons. The Morgan fingerprint density at radius 2 is 1.55 bits per heavy atom. The van der Waals surface area contributed by atoms with E-state index in [1.165, 1.54) is 13.3 Å². The number of carbonyl (C=O) groups excluding carboxylic acids is 3. The van der Waals surface area contributed by atoms with E-state index in [1.807, 2.05) is 19.1 Å². The van der Waals surface area contributed by atoms with Gasteiger partial charge in [-0.15, -0.1) is 0 Å². The van der Waals surface area contributed by atoms with Crippen LogP contribution in [0.1, 0.15) is 18.9 Å². The second kappa shape index (κ2) is 14.4. The number of halogens is 1. The number of ether oxygens (including phenoxy) is 3. The van der Waals surface area contributed by atoms with Gasteiger partial charge in [-0.25, -0.2) is 5.43 Å². The van der Waals surface area contributed by atoms with E-state index >= 15 is 0 Å². The molecule has 0 saturated heterocycles. The molecule has 0 saturated carbocycles. The van der Waals surface area contributed by atoms with Crippen LogP contribution in [0.3, 0.4) is 0 Å². The van der Waals surface area contributed by atoms with Crippen molar-refractivity contribution < 1.29 is 28.6 Å². The quantitative estimate of drug-likeness (QED) is 0.175. The fourth-order valence-corrected chi connectivity index (χ4v) is 3.28. The maximum atomic E-state index is 12.2. The van der Waals surface area contributed by atoms with Crippen molar-refractivity contribution in [3.63, 3.8) is 0 Å². The highest BCUT2D eigenvalue weighted by Gasteiger charge is 2.13. The number of hydrogen-bond donors (Lipinski definition) is 3. The summed E-state index contributed by atoms with van der Waals surface area (Å²) in [6.45, 7) is 2.38. The Morgan fingerprint density at radius 1 is 0.868 bits per heavy atom. The van der Waals surface area contributed by atoms with Gasteiger partial charge >= 0.3 is 11.8 Å². The number of hydrogen-bond acceptors (Lipinski definition) is 7. The number of nitrogens with one attached hydrogen (secondary N) is 3. The van der Waals surface area contributed by atoms with Crippen LogP contribution >= 0.6 is 15.9 Å². The summed E-state index contributed by atoms with van der Waals surface area (Å²) < 4.78 is 17.3. The zero-order valence-electron chi connectivity index (χ0n) is 20.8. The van der Waals surface area contributed by atoms with E-state index in [1.54, 1.807) is 54.6 Å². The molecule has 0 aliphatic heterocycles. The highest BCUT2D eigenvalue weighted by molar-refractivity contribution is 9.10. The molecule has 3 rings (SSSR count). The first-order valence-electron chi connectivity index (χ1n) is 11.6. The number of amides is 3. The molecule has 11 heteroatoms. The van der Waals surface area contributed by atoms with Crippen molar-refractivity contribution in [2.45, 2.75) is 13.3 Å². The molecule has 3 N–H and O–H groups in total. The van der Waals surface area contributed by atoms with Crippen LogP contribution in [0.2, 0.25) is 0 Å². The van der Waals surface area contributed by atoms with Gasteiger partial charge in [-0.3, -0.25) is 14.4 Å². The summed E-state index contributed by atoms with van der Waals surface area (Å²) in [5, 5.41) is 9.04. The van der Waals surface area contributed by atoms with Crippen molar-refractivity contribution in [1.82, 2.24) is 5.43 Å². The number of rotatable bonds is 11. The summed E-state index contributed by atoms with van der Waals surface area (Å²) >= 11 is 3.34. The van der Waals surface area contributed by atoms with Gasteiger partial charge in [0.25, 0.3) is 5.91 Å². The SMILES string of the molecule is CCCOc1ccc(NC(=O)C(=O)N/N=C\c2ccc(OCC(=O)Nc3ccc(Br)cc3)c(OC)c2)cc1. The highest BCUT2D eigenvalue weighted by Crippen LogP contribution is 2.27. The van der Waals surface area contributed by atoms with Gasteiger partial charge in [0, 0.05) is 15.8 Å². The van der Waals surface area contributed by atoms with Gasteiger partial charge in [-0.05, 0) is 78.7 Å². The van der Waals surface area contributed by atoms with Crippen LogP contribution in [0.15, 0.2) is 76.3 Å². The Bertz CT molecular complexity index is 1280. The summed E-state index contributed by atoms with van der Waals surface area (Å²) in [7, 11) is 1.46. The summed E-state index contributed by atoms with van der Waals surface area (Å²) in [6.07, 6.45) is 2.23. The van der Waals surface area contributed by atoms with Crippen LogP contribution in [0, 0.1) is 0 Å². The lowest BCUT2D eigenvalue weighted by Gasteiger charge is -2.11. The van der Waals surface area contributed by atoms with Crippen LogP contribution in [0.5, 0.6) is 17.2 Å². The first kappa shape index (κ1) is 28.2. The fourth-order valence-electron chi connectivity index (χ4n) is 3.02. The largest absolute Gasteiger partial charge is 0.494 e. The minimum atomic E-state index is -0.934. The number of anilines is 2. The van der Waals surface area contributed by atoms with E-state index < -0.39 is 11.8 Å². The lowest BCUT2D eigenvalue weighted by Crippen LogP contribution is -2.32. The number of nitrogens with zero attached hydrogens (tertiary/aromatic N) is 1. The molecular weight excluding hydrogens is 556 g/mol. The van der Waals surface area contributed by atoms with Gasteiger partial charge in [-0.2, -0.15) is 5.10 Å². The van der Waals surface area contributed by atoms with E-state index in [2.05, 4.69) is 37.1 Å². The van der Waals surface area contributed by atoms with Crippen molar-refractivity contribution in [2.75, 3.05) is 31.0 Å². The molecule has 38 heavy (non-hydrogen) atoms. The van der Waals surface area contributed by atoms with Gasteiger partial charge in [0.15, 0.2) is 18.1 Å². The summed E-state index contributed by atoms with van der Waals surface area (Å²) in [5.41, 5.74) is 3.83. The van der Waals surface area contributed by atoms with Crippen molar-refractivity contribution in [3.05, 3.63) is 76.8 Å². The van der Waals surface area contributed by atoms with Crippen molar-refractivity contribution in [3.8, 4) is 17.2 Å². The van der Waals surface area contributed by atoms with E-state index in [9.17, 15) is 14.4 Å². The van der Waals surface area contributed by atoms with E-state index in [0.29, 0.717) is 40.8 Å². The monoisotopic (exact) mass is 582 g/mol. The zero-order chi connectivity index (χ0) is 27.3. The first-order chi connectivity index (χ1) is 18.4. The number of hydrazone groups is 1. The van der Waals surface area contributed by atoms with Crippen LogP contribution < -0.4 is 30.3 Å². The first-order valence-corrected chi connectivity index (χ1v) is 12.4. The third kappa shape index (κ3) is 8.93. The third-order valence-electron chi connectivity index (χ3n) is 4.85. The van der Waals surface area contributed by atoms with Crippen molar-refractivity contribution in [2.24, 2.45) is 5.10 Å². The van der Waals surface area contributed by atoms with Crippen molar-refractivity contribution >= 4 is 51.2 Å². The second-order valence-electron chi connectivity index (χ2n) is 7.78. The van der Waals surface area contributed by atoms with Crippen LogP contribution in [0.25, 0.3) is 0 Å².